The van der Waals surface area contributed by atoms with Crippen molar-refractivity contribution in [2.24, 2.45) is 5.92 Å². The fourth-order valence-electron chi connectivity index (χ4n) is 4.60. The Kier molecular flexibility index (Phi) is 5.36. The maximum Gasteiger partial charge on any atom is 0.416 e. The summed E-state index contributed by atoms with van der Waals surface area (Å²) in [6, 6.07) is 8.04. The van der Waals surface area contributed by atoms with Crippen molar-refractivity contribution in [3.05, 3.63) is 58.0 Å². The summed E-state index contributed by atoms with van der Waals surface area (Å²) >= 11 is 0. The van der Waals surface area contributed by atoms with E-state index in [0.29, 0.717) is 19.6 Å². The molecule has 6 nitrogen and oxygen atoms in total. The molecule has 0 saturated carbocycles. The van der Waals surface area contributed by atoms with Crippen LogP contribution in [0.1, 0.15) is 36.4 Å². The molecule has 2 aromatic rings. The van der Waals surface area contributed by atoms with Crippen molar-refractivity contribution in [3.63, 3.8) is 0 Å². The van der Waals surface area contributed by atoms with E-state index >= 15 is 0 Å². The molecule has 2 atom stereocenters. The Hall–Kier alpha value is -3.10. The number of alkyl halides is 3. The number of aromatic nitrogens is 1. The Bertz CT molecular complexity index is 1090. The van der Waals surface area contributed by atoms with Crippen LogP contribution in [0.15, 0.2) is 41.2 Å². The molecule has 0 radical (unpaired) electrons. The SMILES string of the molecule is O=C(O)CCC(=O)N1CC2CC(C1)c1ccc(-c3cccc(C(F)(F)F)c3)c(=O)n1C2. The number of benzene rings is 1. The molecule has 1 amide bonds. The third kappa shape index (κ3) is 4.22. The number of likely N-dealkylation sites (tertiary alicyclic amines) is 1. The van der Waals surface area contributed by atoms with Crippen molar-refractivity contribution in [2.75, 3.05) is 13.1 Å². The molecule has 1 N–H and O–H groups in total. The van der Waals surface area contributed by atoms with Gasteiger partial charge in [-0.1, -0.05) is 12.1 Å². The molecular weight excluding hydrogens is 413 g/mol. The lowest BCUT2D eigenvalue weighted by atomic mass is 9.82. The molecule has 9 heteroatoms. The van der Waals surface area contributed by atoms with Crippen molar-refractivity contribution >= 4 is 11.9 Å². The number of aliphatic carboxylic acids is 1. The Balaban J connectivity index is 1.62. The average Bonchev–Trinajstić information content (AvgIpc) is 2.72. The van der Waals surface area contributed by atoms with E-state index in [2.05, 4.69) is 0 Å². The molecule has 3 heterocycles. The van der Waals surface area contributed by atoms with Crippen molar-refractivity contribution in [1.29, 1.82) is 0 Å². The van der Waals surface area contributed by atoms with Gasteiger partial charge in [0, 0.05) is 43.2 Å². The highest BCUT2D eigenvalue weighted by atomic mass is 19.4. The number of piperidine rings is 1. The highest BCUT2D eigenvalue weighted by molar-refractivity contribution is 5.81. The number of carboxylic acids is 1. The molecule has 1 saturated heterocycles. The van der Waals surface area contributed by atoms with Crippen LogP contribution in [0.25, 0.3) is 11.1 Å². The number of carbonyl (C=O) groups is 2. The zero-order valence-electron chi connectivity index (χ0n) is 16.6. The van der Waals surface area contributed by atoms with Gasteiger partial charge in [-0.2, -0.15) is 13.2 Å². The zero-order valence-corrected chi connectivity index (χ0v) is 16.6. The Morgan fingerprint density at radius 1 is 1.06 bits per heavy atom. The molecular formula is C22H21F3N2O4. The number of carboxylic acid groups (broad SMARTS) is 1. The van der Waals surface area contributed by atoms with Gasteiger partial charge in [0.1, 0.15) is 0 Å². The van der Waals surface area contributed by atoms with Gasteiger partial charge >= 0.3 is 12.1 Å². The van der Waals surface area contributed by atoms with Crippen molar-refractivity contribution in [2.45, 2.75) is 37.9 Å². The van der Waals surface area contributed by atoms with Crippen molar-refractivity contribution < 1.29 is 27.9 Å². The third-order valence-electron chi connectivity index (χ3n) is 6.01. The lowest BCUT2D eigenvalue weighted by Crippen LogP contribution is -2.49. The highest BCUT2D eigenvalue weighted by Gasteiger charge is 2.37. The summed E-state index contributed by atoms with van der Waals surface area (Å²) in [6.45, 7) is 1.21. The monoisotopic (exact) mass is 434 g/mol. The number of hydrogen-bond donors (Lipinski definition) is 1. The number of halogens is 3. The van der Waals surface area contributed by atoms with Gasteiger partial charge in [0.25, 0.3) is 5.56 Å². The lowest BCUT2D eigenvalue weighted by Gasteiger charge is -2.43. The van der Waals surface area contributed by atoms with Gasteiger partial charge < -0.3 is 14.6 Å². The van der Waals surface area contributed by atoms with Gasteiger partial charge in [-0.15, -0.1) is 0 Å². The molecule has 1 fully saturated rings. The van der Waals surface area contributed by atoms with Crippen LogP contribution in [0.2, 0.25) is 0 Å². The maximum atomic E-state index is 13.1. The lowest BCUT2D eigenvalue weighted by molar-refractivity contribution is -0.141. The maximum absolute atomic E-state index is 13.1. The van der Waals surface area contributed by atoms with Crippen LogP contribution in [0.3, 0.4) is 0 Å². The molecule has 164 valence electrons. The zero-order chi connectivity index (χ0) is 22.3. The quantitative estimate of drug-likeness (QED) is 0.801. The number of amides is 1. The summed E-state index contributed by atoms with van der Waals surface area (Å²) in [7, 11) is 0. The first-order valence-corrected chi connectivity index (χ1v) is 10.0. The number of hydrogen-bond acceptors (Lipinski definition) is 3. The first-order chi connectivity index (χ1) is 14.6. The van der Waals surface area contributed by atoms with E-state index in [-0.39, 0.29) is 47.3 Å². The summed E-state index contributed by atoms with van der Waals surface area (Å²) in [5, 5.41) is 8.79. The molecule has 1 aromatic carbocycles. The minimum Gasteiger partial charge on any atom is -0.481 e. The highest BCUT2D eigenvalue weighted by Crippen LogP contribution is 2.37. The van der Waals surface area contributed by atoms with Crippen LogP contribution in [-0.4, -0.2) is 39.5 Å². The summed E-state index contributed by atoms with van der Waals surface area (Å²) < 4.78 is 40.8. The average molecular weight is 434 g/mol. The van der Waals surface area contributed by atoms with Crippen LogP contribution in [-0.2, 0) is 22.3 Å². The van der Waals surface area contributed by atoms with E-state index in [9.17, 15) is 27.6 Å². The summed E-state index contributed by atoms with van der Waals surface area (Å²) in [5.74, 6) is -1.27. The Labute approximate surface area is 175 Å². The smallest absolute Gasteiger partial charge is 0.416 e. The second kappa shape index (κ2) is 7.86. The van der Waals surface area contributed by atoms with Gasteiger partial charge in [-0.25, -0.2) is 0 Å². The van der Waals surface area contributed by atoms with Crippen molar-refractivity contribution in [1.82, 2.24) is 9.47 Å². The predicted molar refractivity (Wildman–Crippen MR) is 105 cm³/mol. The van der Waals surface area contributed by atoms with Crippen molar-refractivity contribution in [3.8, 4) is 11.1 Å². The second-order valence-corrected chi connectivity index (χ2v) is 8.16. The fourth-order valence-corrected chi connectivity index (χ4v) is 4.60. The van der Waals surface area contributed by atoms with Crippen LogP contribution >= 0.6 is 0 Å². The summed E-state index contributed by atoms with van der Waals surface area (Å²) in [6.07, 6.45) is -3.96. The van der Waals surface area contributed by atoms with E-state index < -0.39 is 17.7 Å². The number of nitrogens with zero attached hydrogens (tertiary/aromatic N) is 2. The largest absolute Gasteiger partial charge is 0.481 e. The molecule has 0 aliphatic carbocycles. The summed E-state index contributed by atoms with van der Waals surface area (Å²) in [4.78, 5) is 37.9. The van der Waals surface area contributed by atoms with Crippen LogP contribution in [0, 0.1) is 5.92 Å². The van der Waals surface area contributed by atoms with Gasteiger partial charge in [0.05, 0.1) is 12.0 Å². The van der Waals surface area contributed by atoms with Crippen LogP contribution in [0.5, 0.6) is 0 Å². The van der Waals surface area contributed by atoms with E-state index in [0.717, 1.165) is 24.2 Å². The number of fused-ring (bicyclic) bond motifs is 4. The Morgan fingerprint density at radius 2 is 1.84 bits per heavy atom. The fraction of sp³-hybridized carbons (Fsp3) is 0.409. The summed E-state index contributed by atoms with van der Waals surface area (Å²) in [5.41, 5.74) is 0.0462. The first kappa shape index (κ1) is 21.1. The van der Waals surface area contributed by atoms with Crippen LogP contribution in [0.4, 0.5) is 13.2 Å². The van der Waals surface area contributed by atoms with E-state index in [1.54, 1.807) is 21.6 Å². The molecule has 4 rings (SSSR count). The van der Waals surface area contributed by atoms with Gasteiger partial charge in [0.2, 0.25) is 5.91 Å². The van der Waals surface area contributed by atoms with Gasteiger partial charge in [0.15, 0.2) is 0 Å². The molecule has 0 spiro atoms. The molecule has 2 aliphatic rings. The molecule has 2 aliphatic heterocycles. The molecule has 31 heavy (non-hydrogen) atoms. The molecule has 2 unspecified atom stereocenters. The number of carbonyl (C=O) groups excluding carboxylic acids is 1. The predicted octanol–water partition coefficient (Wildman–Crippen LogP) is 3.34. The third-order valence-corrected chi connectivity index (χ3v) is 6.01. The topological polar surface area (TPSA) is 79.6 Å². The number of pyridine rings is 1. The van der Waals surface area contributed by atoms with E-state index in [4.69, 9.17) is 5.11 Å². The van der Waals surface area contributed by atoms with E-state index in [1.165, 1.54) is 12.1 Å². The normalized spacial score (nSPS) is 20.3. The van der Waals surface area contributed by atoms with Gasteiger partial charge in [-0.05, 0) is 42.2 Å². The Morgan fingerprint density at radius 3 is 2.55 bits per heavy atom. The first-order valence-electron chi connectivity index (χ1n) is 10.0. The molecule has 1 aromatic heterocycles. The molecule has 2 bridgehead atoms. The van der Waals surface area contributed by atoms with Crippen LogP contribution < -0.4 is 5.56 Å². The second-order valence-electron chi connectivity index (χ2n) is 8.16. The minimum atomic E-state index is -4.49. The minimum absolute atomic E-state index is 0.0366. The van der Waals surface area contributed by atoms with E-state index in [1.807, 2.05) is 0 Å². The standard InChI is InChI=1S/C22H21F3N2O4/c23-22(24,25)16-3-1-2-14(9-16)17-4-5-18-15-8-13(11-27(18)21(17)31)10-26(12-15)19(28)6-7-20(29)30/h1-5,9,13,15H,6-8,10-12H2,(H,29,30). The number of rotatable bonds is 4. The van der Waals surface area contributed by atoms with Gasteiger partial charge in [-0.3, -0.25) is 14.4 Å².